The van der Waals surface area contributed by atoms with Crippen molar-refractivity contribution in [2.75, 3.05) is 81.7 Å². The Bertz CT molecular complexity index is 4090. The van der Waals surface area contributed by atoms with Crippen LogP contribution in [0.2, 0.25) is 0 Å². The number of thiazole rings is 1. The van der Waals surface area contributed by atoms with Crippen molar-refractivity contribution in [2.24, 2.45) is 23.3 Å². The molecule has 0 bridgehead atoms. The van der Waals surface area contributed by atoms with Crippen molar-refractivity contribution in [3.63, 3.8) is 0 Å². The summed E-state index contributed by atoms with van der Waals surface area (Å²) in [7, 11) is 0. The summed E-state index contributed by atoms with van der Waals surface area (Å²) in [6.45, 7) is 11.6. The number of fused-ring (bicyclic) bond motifs is 2. The number of allylic oxidation sites excluding steroid dienone is 2. The predicted molar refractivity (Wildman–Crippen MR) is 364 cm³/mol. The summed E-state index contributed by atoms with van der Waals surface area (Å²) in [4.78, 5) is 167. The summed E-state index contributed by atoms with van der Waals surface area (Å²) >= 11 is 3.91. The number of nitrogens with zero attached hydrogens (tertiary/aromatic N) is 11. The summed E-state index contributed by atoms with van der Waals surface area (Å²) in [6.07, 6.45) is 8.80. The second-order valence-corrected chi connectivity index (χ2v) is 27.5. The maximum absolute atomic E-state index is 14.1. The number of ether oxygens (including phenoxy) is 2. The Morgan fingerprint density at radius 3 is 2.07 bits per heavy atom. The number of piperazine rings is 1. The van der Waals surface area contributed by atoms with Crippen molar-refractivity contribution in [3.8, 4) is 5.75 Å². The minimum absolute atomic E-state index is 0.00157. The van der Waals surface area contributed by atoms with Gasteiger partial charge in [0.2, 0.25) is 41.4 Å². The molecule has 7 N–H and O–H groups in total. The highest BCUT2D eigenvalue weighted by Crippen LogP contribution is 2.36. The molecule has 33 heteroatoms. The zero-order chi connectivity index (χ0) is 69.9. The third-order valence-corrected chi connectivity index (χ3v) is 20.4. The first-order chi connectivity index (χ1) is 47.1. The number of aryl methyl sites for hydroxylation is 4. The quantitative estimate of drug-likeness (QED) is 0.0158. The number of imidazole rings is 2. The number of amides is 10. The first-order valence-corrected chi connectivity index (χ1v) is 35.8. The topological polar surface area (TPSA) is 383 Å². The molecule has 3 saturated heterocycles. The van der Waals surface area contributed by atoms with E-state index in [1.165, 1.54) is 39.8 Å². The number of hydroxylamine groups is 2. The minimum atomic E-state index is -0.713. The fraction of sp³-hybridized carbons (Fsp3) is 0.492. The molecule has 30 nitrogen and oxygen atoms in total. The van der Waals surface area contributed by atoms with E-state index in [0.29, 0.717) is 150 Å². The number of nitrogens with one attached hydrogen (secondary N) is 3. The van der Waals surface area contributed by atoms with E-state index in [-0.39, 0.29) is 112 Å². The Morgan fingerprint density at radius 2 is 1.42 bits per heavy atom. The molecule has 4 aliphatic rings. The number of anilines is 2. The number of primary amides is 2. The molecule has 98 heavy (non-hydrogen) atoms. The van der Waals surface area contributed by atoms with Gasteiger partial charge in [0.25, 0.3) is 23.6 Å². The van der Waals surface area contributed by atoms with E-state index in [0.717, 1.165) is 5.01 Å². The number of nitrogens with two attached hydrogens (primary N) is 2. The maximum atomic E-state index is 14.1. The molecular formula is C65H80N16O14S3. The van der Waals surface area contributed by atoms with Crippen LogP contribution >= 0.6 is 34.9 Å². The molecule has 3 aliphatic heterocycles. The van der Waals surface area contributed by atoms with Crippen molar-refractivity contribution in [1.29, 1.82) is 0 Å². The second kappa shape index (κ2) is 32.4. The zero-order valence-electron chi connectivity index (χ0n) is 55.3. The molecule has 1 saturated carbocycles. The van der Waals surface area contributed by atoms with E-state index in [1.807, 2.05) is 43.7 Å². The number of carbonyl (C=O) groups excluding carboxylic acids is 11. The van der Waals surface area contributed by atoms with Crippen molar-refractivity contribution < 1.29 is 67.1 Å². The molecule has 1 unspecified atom stereocenters. The van der Waals surface area contributed by atoms with Gasteiger partial charge in [-0.3, -0.25) is 68.3 Å². The number of benzene rings is 2. The minimum Gasteiger partial charge on any atom is -0.491 e. The van der Waals surface area contributed by atoms with E-state index in [9.17, 15) is 52.7 Å². The van der Waals surface area contributed by atoms with E-state index < -0.39 is 58.7 Å². The average molecular weight is 1410 g/mol. The van der Waals surface area contributed by atoms with Gasteiger partial charge in [-0.1, -0.05) is 19.1 Å². The van der Waals surface area contributed by atoms with Gasteiger partial charge in [-0.15, -0.1) is 39.9 Å². The molecule has 6 aromatic rings. The number of hydrogen-bond acceptors (Lipinski definition) is 22. The molecular weight excluding hydrogens is 1330 g/mol. The van der Waals surface area contributed by atoms with E-state index >= 15 is 0 Å². The van der Waals surface area contributed by atoms with Crippen LogP contribution in [0.1, 0.15) is 135 Å². The Hall–Kier alpha value is -9.21. The van der Waals surface area contributed by atoms with Gasteiger partial charge in [-0.05, 0) is 108 Å². The van der Waals surface area contributed by atoms with Gasteiger partial charge in [0.05, 0.1) is 57.3 Å². The summed E-state index contributed by atoms with van der Waals surface area (Å²) in [5.41, 5.74) is 15.5. The van der Waals surface area contributed by atoms with Gasteiger partial charge in [0.15, 0.2) is 0 Å². The lowest BCUT2D eigenvalue weighted by molar-refractivity contribution is -0.201. The second-order valence-electron chi connectivity index (χ2n) is 24.2. The molecule has 522 valence electrons. The number of thioether (sulfide) groups is 2. The molecule has 0 radical (unpaired) electrons. The van der Waals surface area contributed by atoms with E-state index in [1.54, 1.807) is 51.4 Å². The van der Waals surface area contributed by atoms with Crippen LogP contribution in [0.4, 0.5) is 16.7 Å². The fourth-order valence-corrected chi connectivity index (χ4v) is 15.0. The lowest BCUT2D eigenvalue weighted by Crippen LogP contribution is -2.49. The first kappa shape index (κ1) is 71.6. The standard InChI is InChI=1S/C65H80N16O14S3/c1-6-43-56(98-38(4)69-43)60(89)73-64-70-44-31-41(57(66)86)33-47(54(44)77(64)21-8-9-22-78-55-45(32-42(58(67)87)34-48(55)96-5)71-63(78)72-59(88)46-30-37(3)74-80(46)7-2)93-28-11-20-75-23-25-76(26-24-75)65(92)94-27-10-19-68-50(82)18-29-97-49-35-53(85)79(61(49)90)36-39-12-14-40(15-13-39)62(91)95-81-51(83)16-17-52(81)84/h8-9,30-34,39-40,49H,6-7,10-29,35-36H2,1-5H3,(H2,66,86)(H2,67,87)(H,68,82)(H,70,73,89)(H,71,72,88)/b9-8+. The van der Waals surface area contributed by atoms with Crippen molar-refractivity contribution >= 4 is 134 Å². The molecule has 7 heterocycles. The highest BCUT2D eigenvalue weighted by atomic mass is 32.2. The molecule has 1 atom stereocenters. The molecule has 10 amide bonds. The smallest absolute Gasteiger partial charge is 0.409 e. The monoisotopic (exact) mass is 1400 g/mol. The Morgan fingerprint density at radius 1 is 0.765 bits per heavy atom. The van der Waals surface area contributed by atoms with Crippen LogP contribution in [0.5, 0.6) is 5.75 Å². The van der Waals surface area contributed by atoms with Crippen LogP contribution in [0, 0.1) is 25.7 Å². The number of hydrogen-bond donors (Lipinski definition) is 5. The third kappa shape index (κ3) is 17.0. The van der Waals surface area contributed by atoms with Gasteiger partial charge in [-0.25, -0.2) is 24.5 Å². The maximum Gasteiger partial charge on any atom is 0.409 e. The summed E-state index contributed by atoms with van der Waals surface area (Å²) in [5, 5.41) is 13.9. The lowest BCUT2D eigenvalue weighted by atomic mass is 9.82. The van der Waals surface area contributed by atoms with Crippen molar-refractivity contribution in [1.82, 2.24) is 58.9 Å². The van der Waals surface area contributed by atoms with Crippen LogP contribution in [0.25, 0.3) is 22.1 Å². The fourth-order valence-electron chi connectivity index (χ4n) is 12.3. The summed E-state index contributed by atoms with van der Waals surface area (Å²) in [5.74, 6) is -4.20. The molecule has 10 rings (SSSR count). The first-order valence-electron chi connectivity index (χ1n) is 32.7. The molecule has 2 aromatic carbocycles. The lowest BCUT2D eigenvalue weighted by Gasteiger charge is -2.34. The normalized spacial score (nSPS) is 17.6. The largest absolute Gasteiger partial charge is 0.491 e. The number of carbonyl (C=O) groups is 11. The number of imide groups is 2. The van der Waals surface area contributed by atoms with Crippen LogP contribution in [0.3, 0.4) is 0 Å². The van der Waals surface area contributed by atoms with Crippen LogP contribution in [0.15, 0.2) is 47.4 Å². The summed E-state index contributed by atoms with van der Waals surface area (Å²) in [6, 6.07) is 8.05. The van der Waals surface area contributed by atoms with Gasteiger partial charge >= 0.3 is 12.1 Å². The Kier molecular flexibility index (Phi) is 23.7. The number of likely N-dealkylation sites (tertiary alicyclic amines) is 1. The third-order valence-electron chi connectivity index (χ3n) is 17.4. The van der Waals surface area contributed by atoms with Gasteiger partial charge in [-0.2, -0.15) is 5.10 Å². The van der Waals surface area contributed by atoms with Crippen LogP contribution in [-0.2, 0) is 64.4 Å². The number of rotatable bonds is 30. The van der Waals surface area contributed by atoms with E-state index in [2.05, 4.69) is 30.9 Å². The number of aromatic nitrogens is 7. The van der Waals surface area contributed by atoms with Gasteiger partial charge in [0.1, 0.15) is 21.8 Å². The highest BCUT2D eigenvalue weighted by molar-refractivity contribution is 8.00. The Labute approximate surface area is 576 Å². The Balaban J connectivity index is 0.694. The van der Waals surface area contributed by atoms with E-state index in [4.69, 9.17) is 35.7 Å². The van der Waals surface area contributed by atoms with Gasteiger partial charge in [0, 0.05) is 113 Å². The average Bonchev–Trinajstić information content (AvgIpc) is 1.62. The van der Waals surface area contributed by atoms with Crippen molar-refractivity contribution in [3.05, 3.63) is 80.6 Å². The zero-order valence-corrected chi connectivity index (χ0v) is 57.7. The van der Waals surface area contributed by atoms with Crippen LogP contribution in [-0.4, -0.2) is 195 Å². The molecule has 0 spiro atoms. The van der Waals surface area contributed by atoms with Gasteiger partial charge < -0.3 is 45.1 Å². The molecule has 1 aliphatic carbocycles. The SMILES string of the molecule is CCc1nc(C)sc1C(=O)Nc1nc2cc(C(N)=O)cc(OCCCN3CCN(C(=O)OCCCNC(=O)CCSC4CC(=O)N(CC5CCC(C(=O)ON6C(=O)CCC6=O)CC5)C4=O)CC3)c2n1C/C=C/Cn1c(NC(=O)c2cc(C)nn2CC)nc2cc(C(N)=O)cc(SC)c21. The highest BCUT2D eigenvalue weighted by Gasteiger charge is 2.42. The van der Waals surface area contributed by atoms with Crippen LogP contribution < -0.4 is 32.2 Å². The summed E-state index contributed by atoms with van der Waals surface area (Å²) < 4.78 is 17.2. The predicted octanol–water partition coefficient (Wildman–Crippen LogP) is 5.61. The van der Waals surface area contributed by atoms with Crippen molar-refractivity contribution in [2.45, 2.75) is 128 Å². The molecule has 4 aromatic heterocycles. The molecule has 4 fully saturated rings.